The summed E-state index contributed by atoms with van der Waals surface area (Å²) in [5, 5.41) is 3.12. The predicted octanol–water partition coefficient (Wildman–Crippen LogP) is 1.79. The summed E-state index contributed by atoms with van der Waals surface area (Å²) in [5.74, 6) is -0.502. The standard InChI is InChI=1S/C14H21FN2O2/c1-5-16-9-11-7-6-8-12(15)13(11)19-10(2)14(18)17(3)4/h6-8,10,16H,5,9H2,1-4H3. The van der Waals surface area contributed by atoms with Crippen LogP contribution >= 0.6 is 0 Å². The average molecular weight is 268 g/mol. The summed E-state index contributed by atoms with van der Waals surface area (Å²) in [6, 6.07) is 4.75. The molecule has 1 rings (SSSR count). The number of benzene rings is 1. The van der Waals surface area contributed by atoms with Gasteiger partial charge in [0.25, 0.3) is 5.91 Å². The van der Waals surface area contributed by atoms with Crippen LogP contribution in [0.25, 0.3) is 0 Å². The van der Waals surface area contributed by atoms with Crippen molar-refractivity contribution in [2.24, 2.45) is 0 Å². The Morgan fingerprint density at radius 2 is 2.16 bits per heavy atom. The fourth-order valence-electron chi connectivity index (χ4n) is 1.68. The topological polar surface area (TPSA) is 41.6 Å². The van der Waals surface area contributed by atoms with E-state index in [2.05, 4.69) is 5.32 Å². The molecule has 106 valence electrons. The predicted molar refractivity (Wildman–Crippen MR) is 72.6 cm³/mol. The fourth-order valence-corrected chi connectivity index (χ4v) is 1.68. The summed E-state index contributed by atoms with van der Waals surface area (Å²) in [5.41, 5.74) is 0.709. The number of ether oxygens (including phenoxy) is 1. The summed E-state index contributed by atoms with van der Waals surface area (Å²) < 4.78 is 19.3. The van der Waals surface area contributed by atoms with Crippen LogP contribution in [0.4, 0.5) is 4.39 Å². The third kappa shape index (κ3) is 4.21. The molecular weight excluding hydrogens is 247 g/mol. The molecule has 1 N–H and O–H groups in total. The first-order valence-corrected chi connectivity index (χ1v) is 6.33. The van der Waals surface area contributed by atoms with E-state index in [-0.39, 0.29) is 11.7 Å². The summed E-state index contributed by atoms with van der Waals surface area (Å²) in [6.45, 7) is 4.87. The molecule has 0 bridgehead atoms. The maximum Gasteiger partial charge on any atom is 0.262 e. The van der Waals surface area contributed by atoms with Crippen LogP contribution in [0.5, 0.6) is 5.75 Å². The minimum Gasteiger partial charge on any atom is -0.477 e. The number of para-hydroxylation sites is 1. The van der Waals surface area contributed by atoms with Gasteiger partial charge in [-0.05, 0) is 19.5 Å². The zero-order valence-corrected chi connectivity index (χ0v) is 11.9. The molecule has 0 fully saturated rings. The highest BCUT2D eigenvalue weighted by Crippen LogP contribution is 2.24. The highest BCUT2D eigenvalue weighted by Gasteiger charge is 2.20. The van der Waals surface area contributed by atoms with Crippen LogP contribution in [0, 0.1) is 5.82 Å². The Kier molecular flexibility index (Phi) is 5.76. The highest BCUT2D eigenvalue weighted by molar-refractivity contribution is 5.80. The Morgan fingerprint density at radius 3 is 2.74 bits per heavy atom. The number of rotatable bonds is 6. The van der Waals surface area contributed by atoms with Gasteiger partial charge in [0, 0.05) is 26.2 Å². The summed E-state index contributed by atoms with van der Waals surface area (Å²) in [7, 11) is 3.28. The number of hydrogen-bond donors (Lipinski definition) is 1. The van der Waals surface area contributed by atoms with Crippen LogP contribution in [0.15, 0.2) is 18.2 Å². The Bertz CT molecular complexity index is 435. The molecule has 0 aliphatic rings. The van der Waals surface area contributed by atoms with Crippen molar-refractivity contribution in [2.45, 2.75) is 26.5 Å². The van der Waals surface area contributed by atoms with Gasteiger partial charge in [0.15, 0.2) is 17.7 Å². The van der Waals surface area contributed by atoms with E-state index in [0.29, 0.717) is 12.1 Å². The highest BCUT2D eigenvalue weighted by atomic mass is 19.1. The first-order chi connectivity index (χ1) is 8.97. The monoisotopic (exact) mass is 268 g/mol. The molecular formula is C14H21FN2O2. The lowest BCUT2D eigenvalue weighted by Gasteiger charge is -2.20. The molecule has 1 amide bonds. The molecule has 0 radical (unpaired) electrons. The smallest absolute Gasteiger partial charge is 0.262 e. The van der Waals surface area contributed by atoms with E-state index in [1.807, 2.05) is 6.92 Å². The van der Waals surface area contributed by atoms with Gasteiger partial charge in [0.2, 0.25) is 0 Å². The van der Waals surface area contributed by atoms with Crippen molar-refractivity contribution < 1.29 is 13.9 Å². The Morgan fingerprint density at radius 1 is 1.47 bits per heavy atom. The lowest BCUT2D eigenvalue weighted by molar-refractivity contribution is -0.135. The minimum absolute atomic E-state index is 0.145. The van der Waals surface area contributed by atoms with Crippen molar-refractivity contribution in [2.75, 3.05) is 20.6 Å². The molecule has 1 atom stereocenters. The number of halogens is 1. The van der Waals surface area contributed by atoms with Crippen LogP contribution in [0.2, 0.25) is 0 Å². The summed E-state index contributed by atoms with van der Waals surface area (Å²) in [4.78, 5) is 13.2. The minimum atomic E-state index is -0.715. The zero-order chi connectivity index (χ0) is 14.4. The molecule has 4 nitrogen and oxygen atoms in total. The van der Waals surface area contributed by atoms with E-state index in [1.165, 1.54) is 11.0 Å². The van der Waals surface area contributed by atoms with Gasteiger partial charge in [0.1, 0.15) is 0 Å². The van der Waals surface area contributed by atoms with Gasteiger partial charge in [0.05, 0.1) is 0 Å². The van der Waals surface area contributed by atoms with Crippen LogP contribution in [0.1, 0.15) is 19.4 Å². The lowest BCUT2D eigenvalue weighted by atomic mass is 10.2. The molecule has 0 aliphatic carbocycles. The van der Waals surface area contributed by atoms with Gasteiger partial charge < -0.3 is 15.0 Å². The third-order valence-corrected chi connectivity index (χ3v) is 2.70. The van der Waals surface area contributed by atoms with Crippen LogP contribution in [-0.2, 0) is 11.3 Å². The van der Waals surface area contributed by atoms with Gasteiger partial charge in [-0.15, -0.1) is 0 Å². The van der Waals surface area contributed by atoms with Gasteiger partial charge in [-0.2, -0.15) is 0 Å². The molecule has 1 unspecified atom stereocenters. The van der Waals surface area contributed by atoms with E-state index in [9.17, 15) is 9.18 Å². The number of likely N-dealkylation sites (N-methyl/N-ethyl adjacent to an activating group) is 1. The Balaban J connectivity index is 2.89. The van der Waals surface area contributed by atoms with Crippen molar-refractivity contribution in [3.05, 3.63) is 29.6 Å². The van der Waals surface area contributed by atoms with Gasteiger partial charge in [-0.3, -0.25) is 4.79 Å². The van der Waals surface area contributed by atoms with Gasteiger partial charge in [-0.25, -0.2) is 4.39 Å². The lowest BCUT2D eigenvalue weighted by Crippen LogP contribution is -2.35. The SMILES string of the molecule is CCNCc1cccc(F)c1OC(C)C(=O)N(C)C. The second-order valence-electron chi connectivity index (χ2n) is 4.50. The van der Waals surface area contributed by atoms with Crippen molar-refractivity contribution >= 4 is 5.91 Å². The van der Waals surface area contributed by atoms with Crippen molar-refractivity contribution in [1.82, 2.24) is 10.2 Å². The van der Waals surface area contributed by atoms with Crippen LogP contribution in [0.3, 0.4) is 0 Å². The largest absolute Gasteiger partial charge is 0.477 e. The van der Waals surface area contributed by atoms with E-state index >= 15 is 0 Å². The first-order valence-electron chi connectivity index (χ1n) is 6.33. The number of nitrogens with zero attached hydrogens (tertiary/aromatic N) is 1. The average Bonchev–Trinajstić information content (AvgIpc) is 2.38. The third-order valence-electron chi connectivity index (χ3n) is 2.70. The first kappa shape index (κ1) is 15.4. The maximum atomic E-state index is 13.8. The molecule has 0 aliphatic heterocycles. The molecule has 0 aromatic heterocycles. The molecule has 19 heavy (non-hydrogen) atoms. The molecule has 0 saturated heterocycles. The normalized spacial score (nSPS) is 12.1. The van der Waals surface area contributed by atoms with Gasteiger partial charge >= 0.3 is 0 Å². The van der Waals surface area contributed by atoms with E-state index in [1.54, 1.807) is 33.2 Å². The number of carbonyl (C=O) groups excluding carboxylic acids is 1. The fraction of sp³-hybridized carbons (Fsp3) is 0.500. The molecule has 5 heteroatoms. The molecule has 0 heterocycles. The number of carbonyl (C=O) groups is 1. The molecule has 0 spiro atoms. The van der Waals surface area contributed by atoms with Crippen molar-refractivity contribution in [3.63, 3.8) is 0 Å². The number of hydrogen-bond acceptors (Lipinski definition) is 3. The van der Waals surface area contributed by atoms with Crippen molar-refractivity contribution in [1.29, 1.82) is 0 Å². The van der Waals surface area contributed by atoms with Gasteiger partial charge in [-0.1, -0.05) is 19.1 Å². The maximum absolute atomic E-state index is 13.8. The Labute approximate surface area is 113 Å². The number of amides is 1. The molecule has 0 saturated carbocycles. The van der Waals surface area contributed by atoms with E-state index in [4.69, 9.17) is 4.74 Å². The summed E-state index contributed by atoms with van der Waals surface area (Å²) >= 11 is 0. The Hall–Kier alpha value is -1.62. The van der Waals surface area contributed by atoms with E-state index < -0.39 is 11.9 Å². The second kappa shape index (κ2) is 7.09. The quantitative estimate of drug-likeness (QED) is 0.855. The summed E-state index contributed by atoms with van der Waals surface area (Å²) in [6.07, 6.45) is -0.715. The van der Waals surface area contributed by atoms with Crippen LogP contribution < -0.4 is 10.1 Å². The second-order valence-corrected chi connectivity index (χ2v) is 4.50. The number of nitrogens with one attached hydrogen (secondary N) is 1. The van der Waals surface area contributed by atoms with E-state index in [0.717, 1.165) is 6.54 Å². The molecule has 1 aromatic rings. The van der Waals surface area contributed by atoms with Crippen molar-refractivity contribution in [3.8, 4) is 5.75 Å². The molecule has 1 aromatic carbocycles. The zero-order valence-electron chi connectivity index (χ0n) is 11.9. The van der Waals surface area contributed by atoms with Crippen LogP contribution in [-0.4, -0.2) is 37.6 Å².